The zero-order valence-corrected chi connectivity index (χ0v) is 18.5. The molecule has 0 heterocycles. The summed E-state index contributed by atoms with van der Waals surface area (Å²) < 4.78 is 78.3. The lowest BCUT2D eigenvalue weighted by atomic mass is 9.97. The van der Waals surface area contributed by atoms with Crippen molar-refractivity contribution in [1.29, 1.82) is 0 Å². The van der Waals surface area contributed by atoms with E-state index in [0.717, 1.165) is 35.2 Å². The molecule has 184 valence electrons. The van der Waals surface area contributed by atoms with Gasteiger partial charge in [-0.05, 0) is 47.0 Å². The molecule has 3 aromatic rings. The Labute approximate surface area is 197 Å². The van der Waals surface area contributed by atoms with Crippen LogP contribution in [0.25, 0.3) is 11.1 Å². The molecule has 3 aromatic carbocycles. The second-order valence-corrected chi connectivity index (χ2v) is 7.88. The number of nitrogens with zero attached hydrogens (tertiary/aromatic N) is 1. The Bertz CT molecular complexity index is 1220. The first-order chi connectivity index (χ1) is 16.3. The van der Waals surface area contributed by atoms with Crippen LogP contribution in [0, 0.1) is 0 Å². The lowest BCUT2D eigenvalue weighted by Crippen LogP contribution is -2.40. The molecule has 1 atom stereocenters. The summed E-state index contributed by atoms with van der Waals surface area (Å²) in [5.74, 6) is -1.44. The number of carbonyl (C=O) groups excluding carboxylic acids is 2. The van der Waals surface area contributed by atoms with Gasteiger partial charge < -0.3 is 10.2 Å². The normalized spacial score (nSPS) is 12.7. The van der Waals surface area contributed by atoms with Crippen LogP contribution in [0.2, 0.25) is 0 Å². The van der Waals surface area contributed by atoms with Gasteiger partial charge in [0, 0.05) is 19.7 Å². The van der Waals surface area contributed by atoms with Gasteiger partial charge in [0.05, 0.1) is 11.1 Å². The lowest BCUT2D eigenvalue weighted by Gasteiger charge is -2.23. The van der Waals surface area contributed by atoms with Crippen LogP contribution in [0.5, 0.6) is 0 Å². The number of likely N-dealkylation sites (N-methyl/N-ethyl adjacent to an activating group) is 1. The van der Waals surface area contributed by atoms with Gasteiger partial charge in [-0.15, -0.1) is 0 Å². The number of nitrogens with one attached hydrogen (secondary N) is 1. The third-order valence-electron chi connectivity index (χ3n) is 5.21. The standard InChI is InChI=1S/C25H20F6N2O2/c1-33(2)23(35)21(16-6-5-7-18(14-16)25(29,30)31)32-22(34)20-9-4-3-8-19(20)15-10-12-17(13-11-15)24(26,27)28/h3-14,21H,1-2H3,(H,32,34)/t21-/m0/s1. The molecule has 0 bridgehead atoms. The highest BCUT2D eigenvalue weighted by atomic mass is 19.4. The number of hydrogen-bond acceptors (Lipinski definition) is 2. The second kappa shape index (κ2) is 9.81. The van der Waals surface area contributed by atoms with Crippen LogP contribution in [0.4, 0.5) is 26.3 Å². The number of benzene rings is 3. The number of alkyl halides is 6. The van der Waals surface area contributed by atoms with Crippen molar-refractivity contribution in [2.24, 2.45) is 0 Å². The number of amides is 2. The molecule has 0 fully saturated rings. The summed E-state index contributed by atoms with van der Waals surface area (Å²) in [4.78, 5) is 27.1. The third-order valence-corrected chi connectivity index (χ3v) is 5.21. The summed E-state index contributed by atoms with van der Waals surface area (Å²) in [5.41, 5.74) is -1.26. The largest absolute Gasteiger partial charge is 0.416 e. The molecule has 2 amide bonds. The van der Waals surface area contributed by atoms with Gasteiger partial charge in [0.25, 0.3) is 5.91 Å². The summed E-state index contributed by atoms with van der Waals surface area (Å²) in [7, 11) is 2.79. The maximum Gasteiger partial charge on any atom is 0.416 e. The summed E-state index contributed by atoms with van der Waals surface area (Å²) in [6.07, 6.45) is -9.18. The monoisotopic (exact) mass is 494 g/mol. The zero-order chi connectivity index (χ0) is 26.0. The summed E-state index contributed by atoms with van der Waals surface area (Å²) in [6.45, 7) is 0. The van der Waals surface area contributed by atoms with E-state index in [-0.39, 0.29) is 11.1 Å². The van der Waals surface area contributed by atoms with Gasteiger partial charge >= 0.3 is 12.4 Å². The van der Waals surface area contributed by atoms with Gasteiger partial charge in [0.1, 0.15) is 6.04 Å². The molecule has 0 spiro atoms. The van der Waals surface area contributed by atoms with Gasteiger partial charge in [0.2, 0.25) is 5.91 Å². The van der Waals surface area contributed by atoms with Crippen molar-refractivity contribution in [2.45, 2.75) is 18.4 Å². The van der Waals surface area contributed by atoms with Crippen LogP contribution in [0.1, 0.15) is 33.1 Å². The molecule has 3 rings (SSSR count). The van der Waals surface area contributed by atoms with E-state index in [2.05, 4.69) is 5.32 Å². The molecule has 0 radical (unpaired) electrons. The van der Waals surface area contributed by atoms with Crippen LogP contribution >= 0.6 is 0 Å². The Morgan fingerprint density at radius 3 is 1.94 bits per heavy atom. The van der Waals surface area contributed by atoms with Crippen molar-refractivity contribution in [3.05, 3.63) is 95.1 Å². The van der Waals surface area contributed by atoms with Crippen LogP contribution in [-0.2, 0) is 17.1 Å². The van der Waals surface area contributed by atoms with Crippen molar-refractivity contribution in [1.82, 2.24) is 10.2 Å². The molecule has 0 aliphatic rings. The molecule has 0 aliphatic carbocycles. The van der Waals surface area contributed by atoms with Gasteiger partial charge in [-0.2, -0.15) is 26.3 Å². The van der Waals surface area contributed by atoms with Crippen molar-refractivity contribution in [2.75, 3.05) is 14.1 Å². The Kier molecular flexibility index (Phi) is 7.23. The van der Waals surface area contributed by atoms with E-state index in [1.54, 1.807) is 6.07 Å². The number of hydrogen-bond donors (Lipinski definition) is 1. The molecular formula is C25H20F6N2O2. The van der Waals surface area contributed by atoms with Crippen LogP contribution in [0.3, 0.4) is 0 Å². The van der Waals surface area contributed by atoms with Gasteiger partial charge in [0.15, 0.2) is 0 Å². The van der Waals surface area contributed by atoms with E-state index >= 15 is 0 Å². The fourth-order valence-electron chi connectivity index (χ4n) is 3.42. The number of rotatable bonds is 5. The van der Waals surface area contributed by atoms with E-state index in [0.29, 0.717) is 11.1 Å². The molecule has 10 heteroatoms. The predicted molar refractivity (Wildman–Crippen MR) is 117 cm³/mol. The maximum atomic E-state index is 13.2. The van der Waals surface area contributed by atoms with Gasteiger partial charge in [-0.3, -0.25) is 9.59 Å². The van der Waals surface area contributed by atoms with E-state index < -0.39 is 41.3 Å². The van der Waals surface area contributed by atoms with Crippen molar-refractivity contribution in [3.8, 4) is 11.1 Å². The average molecular weight is 494 g/mol. The summed E-state index contributed by atoms with van der Waals surface area (Å²) >= 11 is 0. The molecule has 4 nitrogen and oxygen atoms in total. The average Bonchev–Trinajstić information content (AvgIpc) is 2.81. The first-order valence-corrected chi connectivity index (χ1v) is 10.2. The topological polar surface area (TPSA) is 49.4 Å². The van der Waals surface area contributed by atoms with Crippen molar-refractivity contribution < 1.29 is 35.9 Å². The highest BCUT2D eigenvalue weighted by Gasteiger charge is 2.33. The molecule has 0 aromatic heterocycles. The van der Waals surface area contributed by atoms with E-state index in [4.69, 9.17) is 0 Å². The molecule has 35 heavy (non-hydrogen) atoms. The quantitative estimate of drug-likeness (QED) is 0.446. The molecule has 0 aliphatic heterocycles. The highest BCUT2D eigenvalue weighted by molar-refractivity contribution is 6.03. The Balaban J connectivity index is 1.98. The maximum absolute atomic E-state index is 13.2. The van der Waals surface area contributed by atoms with E-state index in [1.807, 2.05) is 0 Å². The fraction of sp³-hybridized carbons (Fsp3) is 0.200. The smallest absolute Gasteiger partial charge is 0.347 e. The van der Waals surface area contributed by atoms with Gasteiger partial charge in [-0.1, -0.05) is 42.5 Å². The molecule has 0 unspecified atom stereocenters. The van der Waals surface area contributed by atoms with Gasteiger partial charge in [-0.25, -0.2) is 0 Å². The minimum absolute atomic E-state index is 0.0378. The summed E-state index contributed by atoms with van der Waals surface area (Å²) in [5, 5.41) is 2.48. The zero-order valence-electron chi connectivity index (χ0n) is 18.5. The third kappa shape index (κ3) is 6.00. The Hall–Kier alpha value is -3.82. The minimum atomic E-state index is -4.65. The Morgan fingerprint density at radius 2 is 1.37 bits per heavy atom. The SMILES string of the molecule is CN(C)C(=O)[C@@H](NC(=O)c1ccccc1-c1ccc(C(F)(F)F)cc1)c1cccc(C(F)(F)F)c1. The molecule has 0 saturated carbocycles. The van der Waals surface area contributed by atoms with Crippen LogP contribution < -0.4 is 5.32 Å². The molecule has 1 N–H and O–H groups in total. The van der Waals surface area contributed by atoms with Crippen molar-refractivity contribution in [3.63, 3.8) is 0 Å². The first kappa shape index (κ1) is 25.8. The second-order valence-electron chi connectivity index (χ2n) is 7.88. The van der Waals surface area contributed by atoms with Crippen LogP contribution in [-0.4, -0.2) is 30.8 Å². The molecular weight excluding hydrogens is 474 g/mol. The van der Waals surface area contributed by atoms with Crippen LogP contribution in [0.15, 0.2) is 72.8 Å². The lowest BCUT2D eigenvalue weighted by molar-refractivity contribution is -0.138. The number of halogens is 6. The Morgan fingerprint density at radius 1 is 0.771 bits per heavy atom. The first-order valence-electron chi connectivity index (χ1n) is 10.2. The predicted octanol–water partition coefficient (Wildman–Crippen LogP) is 5.95. The number of carbonyl (C=O) groups is 2. The minimum Gasteiger partial charge on any atom is -0.347 e. The summed E-state index contributed by atoms with van der Waals surface area (Å²) in [6, 6.07) is 12.9. The highest BCUT2D eigenvalue weighted by Crippen LogP contribution is 2.33. The van der Waals surface area contributed by atoms with Crippen molar-refractivity contribution >= 4 is 11.8 Å². The fourth-order valence-corrected chi connectivity index (χ4v) is 3.42. The van der Waals surface area contributed by atoms with E-state index in [9.17, 15) is 35.9 Å². The molecule has 0 saturated heterocycles. The van der Waals surface area contributed by atoms with E-state index in [1.165, 1.54) is 50.5 Å².